The summed E-state index contributed by atoms with van der Waals surface area (Å²) < 4.78 is 3.73. The predicted octanol–water partition coefficient (Wildman–Crippen LogP) is 2.64. The third-order valence-electron chi connectivity index (χ3n) is 4.49. The van der Waals surface area contributed by atoms with Gasteiger partial charge in [-0.1, -0.05) is 26.0 Å². The van der Waals surface area contributed by atoms with Gasteiger partial charge in [-0.3, -0.25) is 9.36 Å². The van der Waals surface area contributed by atoms with Gasteiger partial charge in [0.05, 0.1) is 10.2 Å². The predicted molar refractivity (Wildman–Crippen MR) is 109 cm³/mol. The molecule has 0 N–H and O–H groups in total. The Morgan fingerprint density at radius 1 is 1.11 bits per heavy atom. The first-order valence-corrected chi connectivity index (χ1v) is 10.0. The second kappa shape index (κ2) is 7.23. The summed E-state index contributed by atoms with van der Waals surface area (Å²) in [5, 5.41) is 5.21. The van der Waals surface area contributed by atoms with Crippen molar-refractivity contribution >= 4 is 21.6 Å². The van der Waals surface area contributed by atoms with Crippen molar-refractivity contribution in [3.63, 3.8) is 0 Å². The zero-order chi connectivity index (χ0) is 19.8. The highest BCUT2D eigenvalue weighted by Crippen LogP contribution is 2.28. The SMILES string of the molecule is CCn1c(=O)nc2n(CCC(C)C)nc(-c3nc4ccccc4s3)nc-2c1=O. The van der Waals surface area contributed by atoms with Gasteiger partial charge in [-0.25, -0.2) is 19.4 Å². The fourth-order valence-corrected chi connectivity index (χ4v) is 3.85. The second-order valence-corrected chi connectivity index (χ2v) is 7.97. The molecule has 0 bridgehead atoms. The minimum atomic E-state index is -0.574. The number of rotatable bonds is 5. The summed E-state index contributed by atoms with van der Waals surface area (Å²) >= 11 is 1.47. The van der Waals surface area contributed by atoms with Crippen molar-refractivity contribution in [2.24, 2.45) is 5.92 Å². The molecule has 2 aliphatic rings. The van der Waals surface area contributed by atoms with E-state index in [0.29, 0.717) is 23.3 Å². The molecular formula is C19H20N6O2S. The maximum atomic E-state index is 12.8. The number of hydrogen-bond donors (Lipinski definition) is 0. The zero-order valence-electron chi connectivity index (χ0n) is 15.9. The Kier molecular flexibility index (Phi) is 4.76. The van der Waals surface area contributed by atoms with Gasteiger partial charge in [-0.05, 0) is 31.4 Å². The van der Waals surface area contributed by atoms with Gasteiger partial charge in [0.2, 0.25) is 5.82 Å². The van der Waals surface area contributed by atoms with Gasteiger partial charge in [0.15, 0.2) is 16.5 Å². The molecule has 3 heterocycles. The van der Waals surface area contributed by atoms with Gasteiger partial charge in [0.25, 0.3) is 5.56 Å². The first-order valence-electron chi connectivity index (χ1n) is 9.23. The quantitative estimate of drug-likeness (QED) is 0.515. The number of aromatic nitrogens is 6. The van der Waals surface area contributed by atoms with E-state index >= 15 is 0 Å². The normalized spacial score (nSPS) is 11.7. The van der Waals surface area contributed by atoms with E-state index < -0.39 is 11.2 Å². The maximum absolute atomic E-state index is 12.8. The molecule has 0 fully saturated rings. The number of hydrogen-bond acceptors (Lipinski definition) is 7. The van der Waals surface area contributed by atoms with E-state index in [4.69, 9.17) is 0 Å². The Hall–Kier alpha value is -2.94. The van der Waals surface area contributed by atoms with E-state index in [-0.39, 0.29) is 18.1 Å². The number of benzene rings is 1. The standard InChI is InChI=1S/C19H20N6O2S/c1-4-24-18(26)14-16(22-19(24)27)25(10-9-11(2)3)23-15(21-14)17-20-12-7-5-6-8-13(12)28-17/h5-8,11H,4,9-10H2,1-3H3. The monoisotopic (exact) mass is 396 g/mol. The fraction of sp³-hybridized carbons (Fsp3) is 0.368. The van der Waals surface area contributed by atoms with Crippen LogP contribution in [0.4, 0.5) is 0 Å². The first-order chi connectivity index (χ1) is 13.5. The highest BCUT2D eigenvalue weighted by molar-refractivity contribution is 7.21. The Morgan fingerprint density at radius 3 is 2.61 bits per heavy atom. The summed E-state index contributed by atoms with van der Waals surface area (Å²) in [6.45, 7) is 6.73. The van der Waals surface area contributed by atoms with Crippen LogP contribution in [0.5, 0.6) is 0 Å². The molecule has 0 spiro atoms. The molecule has 2 aliphatic heterocycles. The van der Waals surface area contributed by atoms with Crippen molar-refractivity contribution in [1.82, 2.24) is 29.3 Å². The summed E-state index contributed by atoms with van der Waals surface area (Å²) in [6.07, 6.45) is 0.836. The van der Waals surface area contributed by atoms with Crippen molar-refractivity contribution in [1.29, 1.82) is 0 Å². The molecule has 1 aromatic heterocycles. The number of nitrogens with zero attached hydrogens (tertiary/aromatic N) is 6. The number of para-hydroxylation sites is 1. The molecule has 8 nitrogen and oxygen atoms in total. The molecule has 0 aliphatic carbocycles. The largest absolute Gasteiger partial charge is 0.352 e. The molecule has 9 heteroatoms. The lowest BCUT2D eigenvalue weighted by molar-refractivity contribution is 0.476. The smallest absolute Gasteiger partial charge is 0.267 e. The van der Waals surface area contributed by atoms with Crippen molar-refractivity contribution in [3.8, 4) is 22.4 Å². The fourth-order valence-electron chi connectivity index (χ4n) is 2.96. The van der Waals surface area contributed by atoms with Gasteiger partial charge < -0.3 is 0 Å². The Labute approximate surface area is 164 Å². The van der Waals surface area contributed by atoms with Crippen LogP contribution in [0.15, 0.2) is 33.9 Å². The lowest BCUT2D eigenvalue weighted by Crippen LogP contribution is -2.38. The number of fused-ring (bicyclic) bond motifs is 2. The molecule has 0 amide bonds. The molecule has 0 unspecified atom stereocenters. The van der Waals surface area contributed by atoms with Crippen LogP contribution in [0.1, 0.15) is 27.2 Å². The highest BCUT2D eigenvalue weighted by Gasteiger charge is 2.22. The molecule has 0 atom stereocenters. The lowest BCUT2D eigenvalue weighted by atomic mass is 10.1. The van der Waals surface area contributed by atoms with Crippen molar-refractivity contribution in [2.75, 3.05) is 0 Å². The third-order valence-corrected chi connectivity index (χ3v) is 5.52. The molecule has 144 valence electrons. The van der Waals surface area contributed by atoms with Crippen LogP contribution in [-0.2, 0) is 13.1 Å². The lowest BCUT2D eigenvalue weighted by Gasteiger charge is -2.15. The molecule has 1 aromatic carbocycles. The second-order valence-electron chi connectivity index (χ2n) is 6.94. The van der Waals surface area contributed by atoms with E-state index in [2.05, 4.69) is 33.9 Å². The molecule has 28 heavy (non-hydrogen) atoms. The van der Waals surface area contributed by atoms with E-state index in [0.717, 1.165) is 21.2 Å². The van der Waals surface area contributed by atoms with Gasteiger partial charge in [0.1, 0.15) is 0 Å². The van der Waals surface area contributed by atoms with Crippen molar-refractivity contribution < 1.29 is 0 Å². The summed E-state index contributed by atoms with van der Waals surface area (Å²) in [6, 6.07) is 7.79. The van der Waals surface area contributed by atoms with Crippen LogP contribution in [0.2, 0.25) is 0 Å². The highest BCUT2D eigenvalue weighted by atomic mass is 32.1. The van der Waals surface area contributed by atoms with Crippen LogP contribution < -0.4 is 11.2 Å². The Balaban J connectivity index is 1.97. The Bertz CT molecular complexity index is 1210. The molecular weight excluding hydrogens is 376 g/mol. The molecule has 0 radical (unpaired) electrons. The summed E-state index contributed by atoms with van der Waals surface area (Å²) in [5.41, 5.74) is -0.0106. The van der Waals surface area contributed by atoms with Crippen LogP contribution in [0.25, 0.3) is 32.6 Å². The minimum absolute atomic E-state index is 0.148. The molecule has 0 saturated heterocycles. The zero-order valence-corrected chi connectivity index (χ0v) is 16.7. The average Bonchev–Trinajstić information content (AvgIpc) is 3.11. The number of aryl methyl sites for hydroxylation is 1. The van der Waals surface area contributed by atoms with Crippen LogP contribution in [0, 0.1) is 5.92 Å². The summed E-state index contributed by atoms with van der Waals surface area (Å²) in [4.78, 5) is 38.2. The van der Waals surface area contributed by atoms with E-state index in [1.54, 1.807) is 11.6 Å². The number of thiazole rings is 1. The molecule has 4 rings (SSSR count). The maximum Gasteiger partial charge on any atom is 0.352 e. The van der Waals surface area contributed by atoms with Gasteiger partial charge >= 0.3 is 5.69 Å². The summed E-state index contributed by atoms with van der Waals surface area (Å²) in [7, 11) is 0. The summed E-state index contributed by atoms with van der Waals surface area (Å²) in [5.74, 6) is 1.04. The third kappa shape index (κ3) is 3.22. The van der Waals surface area contributed by atoms with Crippen molar-refractivity contribution in [2.45, 2.75) is 40.3 Å². The topological polar surface area (TPSA) is 95.6 Å². The van der Waals surface area contributed by atoms with E-state index in [1.807, 2.05) is 24.3 Å². The van der Waals surface area contributed by atoms with Gasteiger partial charge in [-0.15, -0.1) is 16.4 Å². The van der Waals surface area contributed by atoms with Crippen molar-refractivity contribution in [3.05, 3.63) is 45.1 Å². The van der Waals surface area contributed by atoms with Crippen LogP contribution >= 0.6 is 11.3 Å². The minimum Gasteiger partial charge on any atom is -0.267 e. The van der Waals surface area contributed by atoms with Gasteiger partial charge in [0, 0.05) is 13.1 Å². The molecule has 2 aromatic rings. The van der Waals surface area contributed by atoms with E-state index in [1.165, 1.54) is 11.3 Å². The molecule has 0 saturated carbocycles. The first kappa shape index (κ1) is 18.4. The Morgan fingerprint density at radius 2 is 1.89 bits per heavy atom. The van der Waals surface area contributed by atoms with Crippen LogP contribution in [-0.4, -0.2) is 29.3 Å². The van der Waals surface area contributed by atoms with E-state index in [9.17, 15) is 9.59 Å². The van der Waals surface area contributed by atoms with Gasteiger partial charge in [-0.2, -0.15) is 4.98 Å². The van der Waals surface area contributed by atoms with Crippen LogP contribution in [0.3, 0.4) is 0 Å². The average molecular weight is 396 g/mol.